The Balaban J connectivity index is 0.000000980. The fourth-order valence-corrected chi connectivity index (χ4v) is 1.94. The van der Waals surface area contributed by atoms with Gasteiger partial charge >= 0.3 is 0 Å². The molecule has 0 aromatic heterocycles. The fourth-order valence-electron chi connectivity index (χ4n) is 1.94. The second kappa shape index (κ2) is 4.42. The number of rotatable bonds is 2. The maximum absolute atomic E-state index is 12.9. The zero-order valence-electron chi connectivity index (χ0n) is 8.59. The lowest BCUT2D eigenvalue weighted by atomic mass is 10.2. The zero-order valence-corrected chi connectivity index (χ0v) is 8.59. The van der Waals surface area contributed by atoms with Crippen LogP contribution in [0.1, 0.15) is 18.9 Å². The molecule has 1 aromatic carbocycles. The van der Waals surface area contributed by atoms with Crippen LogP contribution in [0, 0.1) is 5.82 Å². The highest BCUT2D eigenvalue weighted by molar-refractivity contribution is 5.57. The summed E-state index contributed by atoms with van der Waals surface area (Å²) in [7, 11) is 0. The van der Waals surface area contributed by atoms with E-state index in [0.717, 1.165) is 31.5 Å². The summed E-state index contributed by atoms with van der Waals surface area (Å²) in [6.07, 6.45) is 2.14. The van der Waals surface area contributed by atoms with Gasteiger partial charge in [-0.25, -0.2) is 4.39 Å². The molecule has 1 aliphatic heterocycles. The van der Waals surface area contributed by atoms with Gasteiger partial charge in [0.2, 0.25) is 0 Å². The van der Waals surface area contributed by atoms with E-state index in [4.69, 9.17) is 0 Å². The van der Waals surface area contributed by atoms with Crippen molar-refractivity contribution >= 4 is 5.69 Å². The molecule has 0 saturated heterocycles. The maximum atomic E-state index is 12.9. The minimum atomic E-state index is -0.114. The van der Waals surface area contributed by atoms with E-state index >= 15 is 0 Å². The van der Waals surface area contributed by atoms with Gasteiger partial charge in [-0.1, -0.05) is 6.92 Å². The third kappa shape index (κ3) is 1.87. The Bertz CT molecular complexity index is 312. The fraction of sp³-hybridized carbons (Fsp3) is 0.455. The normalized spacial score (nSPS) is 13.7. The summed E-state index contributed by atoms with van der Waals surface area (Å²) in [4.78, 5) is 2.33. The predicted octanol–water partition coefficient (Wildman–Crippen LogP) is 2.76. The molecule has 0 atom stereocenters. The SMILES string of the molecule is CCCN1CCc2cc(F)ccc21.N. The van der Waals surface area contributed by atoms with Crippen molar-refractivity contribution in [2.24, 2.45) is 0 Å². The molecular weight excluding hydrogens is 179 g/mol. The van der Waals surface area contributed by atoms with Crippen molar-refractivity contribution in [2.45, 2.75) is 19.8 Å². The minimum Gasteiger partial charge on any atom is -0.371 e. The van der Waals surface area contributed by atoms with Gasteiger partial charge in [0.15, 0.2) is 0 Å². The first kappa shape index (κ1) is 11.0. The molecule has 1 aromatic rings. The summed E-state index contributed by atoms with van der Waals surface area (Å²) >= 11 is 0. The molecule has 2 nitrogen and oxygen atoms in total. The van der Waals surface area contributed by atoms with Gasteiger partial charge in [0.05, 0.1) is 0 Å². The maximum Gasteiger partial charge on any atom is 0.123 e. The van der Waals surface area contributed by atoms with Gasteiger partial charge in [-0.15, -0.1) is 0 Å². The molecule has 0 spiro atoms. The Morgan fingerprint density at radius 1 is 1.43 bits per heavy atom. The molecule has 0 amide bonds. The van der Waals surface area contributed by atoms with E-state index in [2.05, 4.69) is 11.8 Å². The summed E-state index contributed by atoms with van der Waals surface area (Å²) in [5.74, 6) is -0.114. The van der Waals surface area contributed by atoms with E-state index in [9.17, 15) is 4.39 Å². The van der Waals surface area contributed by atoms with Crippen LogP contribution < -0.4 is 11.1 Å². The van der Waals surface area contributed by atoms with Crippen LogP contribution in [0.15, 0.2) is 18.2 Å². The molecule has 0 saturated carbocycles. The van der Waals surface area contributed by atoms with Gasteiger partial charge < -0.3 is 11.1 Å². The van der Waals surface area contributed by atoms with Gasteiger partial charge in [-0.2, -0.15) is 0 Å². The van der Waals surface area contributed by atoms with Crippen molar-refractivity contribution in [1.82, 2.24) is 6.15 Å². The van der Waals surface area contributed by atoms with E-state index < -0.39 is 0 Å². The monoisotopic (exact) mass is 196 g/mol. The standard InChI is InChI=1S/C11H14FN.H3N/c1-2-6-13-7-5-9-8-10(12)3-4-11(9)13;/h3-4,8H,2,5-7H2,1H3;1H3. The Labute approximate surface area is 84.3 Å². The predicted molar refractivity (Wildman–Crippen MR) is 57.6 cm³/mol. The number of hydrogen-bond donors (Lipinski definition) is 1. The molecule has 0 bridgehead atoms. The van der Waals surface area contributed by atoms with Gasteiger partial charge in [-0.3, -0.25) is 0 Å². The molecule has 3 N–H and O–H groups in total. The Hall–Kier alpha value is -1.09. The lowest BCUT2D eigenvalue weighted by Gasteiger charge is -2.17. The third-order valence-electron chi connectivity index (χ3n) is 2.53. The number of anilines is 1. The van der Waals surface area contributed by atoms with Crippen molar-refractivity contribution < 1.29 is 4.39 Å². The smallest absolute Gasteiger partial charge is 0.123 e. The first-order valence-electron chi connectivity index (χ1n) is 4.84. The molecule has 1 heterocycles. The number of benzene rings is 1. The van der Waals surface area contributed by atoms with Gasteiger partial charge in [0.1, 0.15) is 5.82 Å². The average Bonchev–Trinajstić information content (AvgIpc) is 2.49. The highest BCUT2D eigenvalue weighted by Crippen LogP contribution is 2.28. The van der Waals surface area contributed by atoms with Crippen molar-refractivity contribution in [3.8, 4) is 0 Å². The van der Waals surface area contributed by atoms with Crippen LogP contribution in [0.4, 0.5) is 10.1 Å². The summed E-state index contributed by atoms with van der Waals surface area (Å²) in [5.41, 5.74) is 2.39. The third-order valence-corrected chi connectivity index (χ3v) is 2.53. The summed E-state index contributed by atoms with van der Waals surface area (Å²) in [6, 6.07) is 5.10. The van der Waals surface area contributed by atoms with Crippen molar-refractivity contribution in [1.29, 1.82) is 0 Å². The Morgan fingerprint density at radius 2 is 2.21 bits per heavy atom. The Kier molecular flexibility index (Phi) is 3.47. The number of hydrogen-bond acceptors (Lipinski definition) is 2. The first-order chi connectivity index (χ1) is 6.31. The molecule has 1 aliphatic rings. The highest BCUT2D eigenvalue weighted by atomic mass is 19.1. The molecular formula is C11H17FN2. The second-order valence-corrected chi connectivity index (χ2v) is 3.51. The minimum absolute atomic E-state index is 0. The van der Waals surface area contributed by atoms with Crippen molar-refractivity contribution in [2.75, 3.05) is 18.0 Å². The van der Waals surface area contributed by atoms with E-state index in [-0.39, 0.29) is 12.0 Å². The molecule has 14 heavy (non-hydrogen) atoms. The number of fused-ring (bicyclic) bond motifs is 1. The zero-order chi connectivity index (χ0) is 9.26. The molecule has 3 heteroatoms. The summed E-state index contributed by atoms with van der Waals surface area (Å²) in [6.45, 7) is 4.30. The van der Waals surface area contributed by atoms with Crippen LogP contribution in [0.2, 0.25) is 0 Å². The molecule has 0 fully saturated rings. The van der Waals surface area contributed by atoms with Crippen LogP contribution in [-0.2, 0) is 6.42 Å². The van der Waals surface area contributed by atoms with Crippen molar-refractivity contribution in [3.63, 3.8) is 0 Å². The summed E-state index contributed by atoms with van der Waals surface area (Å²) in [5, 5.41) is 0. The van der Waals surface area contributed by atoms with Crippen LogP contribution in [-0.4, -0.2) is 13.1 Å². The summed E-state index contributed by atoms with van der Waals surface area (Å²) < 4.78 is 12.9. The van der Waals surface area contributed by atoms with Crippen molar-refractivity contribution in [3.05, 3.63) is 29.6 Å². The largest absolute Gasteiger partial charge is 0.371 e. The second-order valence-electron chi connectivity index (χ2n) is 3.51. The topological polar surface area (TPSA) is 38.2 Å². The molecule has 78 valence electrons. The van der Waals surface area contributed by atoms with E-state index in [1.165, 1.54) is 5.69 Å². The van der Waals surface area contributed by atoms with Gasteiger partial charge in [0.25, 0.3) is 0 Å². The van der Waals surface area contributed by atoms with Gasteiger partial charge in [-0.05, 0) is 36.6 Å². The van der Waals surface area contributed by atoms with Crippen LogP contribution in [0.25, 0.3) is 0 Å². The lowest BCUT2D eigenvalue weighted by molar-refractivity contribution is 0.626. The lowest BCUT2D eigenvalue weighted by Crippen LogP contribution is -2.20. The van der Waals surface area contributed by atoms with E-state index in [1.54, 1.807) is 12.1 Å². The molecule has 0 unspecified atom stereocenters. The van der Waals surface area contributed by atoms with E-state index in [0.29, 0.717) is 0 Å². The van der Waals surface area contributed by atoms with Crippen LogP contribution in [0.5, 0.6) is 0 Å². The highest BCUT2D eigenvalue weighted by Gasteiger charge is 2.17. The van der Waals surface area contributed by atoms with Gasteiger partial charge in [0, 0.05) is 18.8 Å². The molecule has 2 rings (SSSR count). The number of halogens is 1. The molecule has 0 radical (unpaired) electrons. The Morgan fingerprint density at radius 3 is 2.93 bits per heavy atom. The van der Waals surface area contributed by atoms with E-state index in [1.807, 2.05) is 6.07 Å². The average molecular weight is 196 g/mol. The van der Waals surface area contributed by atoms with Crippen LogP contribution >= 0.6 is 0 Å². The first-order valence-corrected chi connectivity index (χ1v) is 4.84. The van der Waals surface area contributed by atoms with Crippen LogP contribution in [0.3, 0.4) is 0 Å². The molecule has 0 aliphatic carbocycles. The quantitative estimate of drug-likeness (QED) is 0.789. The number of nitrogens with zero attached hydrogens (tertiary/aromatic N) is 1.